The van der Waals surface area contributed by atoms with Gasteiger partial charge < -0.3 is 10.4 Å². The van der Waals surface area contributed by atoms with E-state index in [1.165, 1.54) is 12.1 Å². The van der Waals surface area contributed by atoms with Gasteiger partial charge in [-0.1, -0.05) is 24.3 Å². The van der Waals surface area contributed by atoms with Crippen molar-refractivity contribution in [2.75, 3.05) is 13.2 Å². The molecular formula is C20H23F2NOS. The summed E-state index contributed by atoms with van der Waals surface area (Å²) in [5.41, 5.74) is 0.346. The van der Waals surface area contributed by atoms with Crippen LogP contribution >= 0.6 is 11.8 Å². The highest BCUT2D eigenvalue weighted by atomic mass is 32.2. The highest BCUT2D eigenvalue weighted by Gasteiger charge is 2.41. The molecule has 0 bridgehead atoms. The van der Waals surface area contributed by atoms with Gasteiger partial charge in [-0.3, -0.25) is 0 Å². The average molecular weight is 363 g/mol. The average Bonchev–Trinajstić information content (AvgIpc) is 3.01. The summed E-state index contributed by atoms with van der Waals surface area (Å²) in [5, 5.41) is 12.9. The zero-order valence-electron chi connectivity index (χ0n) is 14.4. The van der Waals surface area contributed by atoms with Gasteiger partial charge in [0.15, 0.2) is 0 Å². The SMILES string of the molecule is CC(C)(F)c1ccc(C2(Sc3ccc(F)cc3)CN[C@H](CO)C2)cc1. The Bertz CT molecular complexity index is 712. The fraction of sp³-hybridized carbons (Fsp3) is 0.400. The fourth-order valence-corrected chi connectivity index (χ4v) is 4.65. The third-order valence-electron chi connectivity index (χ3n) is 4.70. The lowest BCUT2D eigenvalue weighted by Crippen LogP contribution is -2.26. The summed E-state index contributed by atoms with van der Waals surface area (Å²) in [5.74, 6) is -0.259. The quantitative estimate of drug-likeness (QED) is 0.827. The molecule has 0 radical (unpaired) electrons. The molecule has 0 amide bonds. The molecule has 0 aliphatic carbocycles. The minimum atomic E-state index is -1.38. The Morgan fingerprint density at radius 3 is 2.32 bits per heavy atom. The van der Waals surface area contributed by atoms with Crippen LogP contribution in [-0.4, -0.2) is 24.3 Å². The molecule has 2 aromatic carbocycles. The molecule has 25 heavy (non-hydrogen) atoms. The summed E-state index contributed by atoms with van der Waals surface area (Å²) in [6, 6.07) is 14.1. The van der Waals surface area contributed by atoms with Crippen molar-refractivity contribution in [1.29, 1.82) is 0 Å². The lowest BCUT2D eigenvalue weighted by atomic mass is 9.92. The second-order valence-electron chi connectivity index (χ2n) is 7.06. The monoisotopic (exact) mass is 363 g/mol. The van der Waals surface area contributed by atoms with Gasteiger partial charge in [0.05, 0.1) is 11.4 Å². The van der Waals surface area contributed by atoms with Crippen molar-refractivity contribution in [2.24, 2.45) is 0 Å². The lowest BCUT2D eigenvalue weighted by molar-refractivity contribution is 0.221. The van der Waals surface area contributed by atoms with Crippen molar-refractivity contribution in [2.45, 2.75) is 41.6 Å². The Kier molecular flexibility index (Phi) is 5.19. The Hall–Kier alpha value is -1.43. The lowest BCUT2D eigenvalue weighted by Gasteiger charge is -2.29. The molecule has 1 saturated heterocycles. The van der Waals surface area contributed by atoms with E-state index in [0.717, 1.165) is 16.9 Å². The molecule has 1 aliphatic rings. The molecule has 1 heterocycles. The highest BCUT2D eigenvalue weighted by Crippen LogP contribution is 2.47. The van der Waals surface area contributed by atoms with Gasteiger partial charge in [-0.2, -0.15) is 0 Å². The van der Waals surface area contributed by atoms with Crippen molar-refractivity contribution >= 4 is 11.8 Å². The number of aliphatic hydroxyl groups excluding tert-OH is 1. The van der Waals surface area contributed by atoms with E-state index in [1.807, 2.05) is 24.3 Å². The van der Waals surface area contributed by atoms with Crippen LogP contribution in [0, 0.1) is 5.82 Å². The molecule has 1 unspecified atom stereocenters. The molecule has 2 nitrogen and oxygen atoms in total. The van der Waals surface area contributed by atoms with E-state index in [1.54, 1.807) is 37.7 Å². The zero-order chi connectivity index (χ0) is 18.1. The first kappa shape index (κ1) is 18.4. The molecule has 2 N–H and O–H groups in total. The van der Waals surface area contributed by atoms with Crippen LogP contribution in [0.2, 0.25) is 0 Å². The van der Waals surface area contributed by atoms with Crippen LogP contribution in [-0.2, 0) is 10.4 Å². The molecule has 1 aliphatic heterocycles. The van der Waals surface area contributed by atoms with Crippen LogP contribution in [0.5, 0.6) is 0 Å². The van der Waals surface area contributed by atoms with Gasteiger partial charge in [-0.05, 0) is 55.7 Å². The van der Waals surface area contributed by atoms with Crippen molar-refractivity contribution in [1.82, 2.24) is 5.32 Å². The van der Waals surface area contributed by atoms with Gasteiger partial charge in [0.2, 0.25) is 0 Å². The second-order valence-corrected chi connectivity index (χ2v) is 8.52. The van der Waals surface area contributed by atoms with Gasteiger partial charge >= 0.3 is 0 Å². The van der Waals surface area contributed by atoms with Gasteiger partial charge in [0.25, 0.3) is 0 Å². The number of hydrogen-bond acceptors (Lipinski definition) is 3. The first-order chi connectivity index (χ1) is 11.8. The molecule has 2 aromatic rings. The number of thioether (sulfide) groups is 1. The number of hydrogen-bond donors (Lipinski definition) is 2. The molecule has 0 aromatic heterocycles. The van der Waals surface area contributed by atoms with E-state index in [4.69, 9.17) is 0 Å². The third kappa shape index (κ3) is 4.05. The molecular weight excluding hydrogens is 340 g/mol. The number of rotatable bonds is 5. The molecule has 0 spiro atoms. The first-order valence-corrected chi connectivity index (χ1v) is 9.23. The van der Waals surface area contributed by atoms with E-state index in [9.17, 15) is 13.9 Å². The minimum absolute atomic E-state index is 0.0187. The number of aliphatic hydroxyl groups is 1. The van der Waals surface area contributed by atoms with E-state index >= 15 is 0 Å². The predicted molar refractivity (Wildman–Crippen MR) is 98.0 cm³/mol. The van der Waals surface area contributed by atoms with Crippen LogP contribution in [0.3, 0.4) is 0 Å². The predicted octanol–water partition coefficient (Wildman–Crippen LogP) is 4.37. The van der Waals surface area contributed by atoms with Crippen LogP contribution in [0.15, 0.2) is 53.4 Å². The Labute approximate surface area is 151 Å². The van der Waals surface area contributed by atoms with Crippen LogP contribution in [0.4, 0.5) is 8.78 Å². The second kappa shape index (κ2) is 7.06. The smallest absolute Gasteiger partial charge is 0.130 e. The van der Waals surface area contributed by atoms with E-state index in [2.05, 4.69) is 5.32 Å². The number of nitrogens with one attached hydrogen (secondary N) is 1. The van der Waals surface area contributed by atoms with Gasteiger partial charge in [-0.25, -0.2) is 8.78 Å². The summed E-state index contributed by atoms with van der Waals surface area (Å²) < 4.78 is 27.1. The summed E-state index contributed by atoms with van der Waals surface area (Å²) in [4.78, 5) is 0.969. The molecule has 2 atom stereocenters. The number of benzene rings is 2. The fourth-order valence-electron chi connectivity index (χ4n) is 3.24. The van der Waals surface area contributed by atoms with Gasteiger partial charge in [0, 0.05) is 17.5 Å². The third-order valence-corrected chi connectivity index (χ3v) is 6.14. The van der Waals surface area contributed by atoms with Crippen molar-refractivity contribution in [3.63, 3.8) is 0 Å². The maximum absolute atomic E-state index is 14.1. The normalized spacial score (nSPS) is 23.8. The standard InChI is InChI=1S/C20H23F2NOS/c1-19(2,22)14-3-5-15(6-4-14)20(11-17(12-24)23-13-20)25-18-9-7-16(21)8-10-18/h3-10,17,23-24H,11-13H2,1-2H3/t17-,20?/m0/s1. The maximum atomic E-state index is 14.1. The minimum Gasteiger partial charge on any atom is -0.395 e. The number of alkyl halides is 1. The first-order valence-electron chi connectivity index (χ1n) is 8.41. The van der Waals surface area contributed by atoms with Crippen LogP contribution < -0.4 is 5.32 Å². The van der Waals surface area contributed by atoms with E-state index in [0.29, 0.717) is 12.1 Å². The number of halogens is 2. The molecule has 134 valence electrons. The summed E-state index contributed by atoms with van der Waals surface area (Å²) >= 11 is 1.66. The van der Waals surface area contributed by atoms with Crippen LogP contribution in [0.1, 0.15) is 31.4 Å². The van der Waals surface area contributed by atoms with E-state index in [-0.39, 0.29) is 23.2 Å². The molecule has 3 rings (SSSR count). The maximum Gasteiger partial charge on any atom is 0.130 e. The summed E-state index contributed by atoms with van der Waals surface area (Å²) in [6.45, 7) is 3.86. The Morgan fingerprint density at radius 1 is 1.16 bits per heavy atom. The van der Waals surface area contributed by atoms with Crippen molar-refractivity contribution in [3.8, 4) is 0 Å². The topological polar surface area (TPSA) is 32.3 Å². The summed E-state index contributed by atoms with van der Waals surface area (Å²) in [6.07, 6.45) is 0.754. The van der Waals surface area contributed by atoms with Gasteiger partial charge in [-0.15, -0.1) is 11.8 Å². The van der Waals surface area contributed by atoms with Gasteiger partial charge in [0.1, 0.15) is 11.5 Å². The Balaban J connectivity index is 1.93. The molecule has 5 heteroatoms. The highest BCUT2D eigenvalue weighted by molar-refractivity contribution is 8.00. The largest absolute Gasteiger partial charge is 0.395 e. The summed E-state index contributed by atoms with van der Waals surface area (Å²) in [7, 11) is 0. The molecule has 0 saturated carbocycles. The molecule has 1 fully saturated rings. The zero-order valence-corrected chi connectivity index (χ0v) is 15.2. The van der Waals surface area contributed by atoms with Crippen LogP contribution in [0.25, 0.3) is 0 Å². The van der Waals surface area contributed by atoms with E-state index < -0.39 is 5.67 Å². The Morgan fingerprint density at radius 2 is 1.80 bits per heavy atom. The van der Waals surface area contributed by atoms with Crippen molar-refractivity contribution < 1.29 is 13.9 Å². The van der Waals surface area contributed by atoms with Crippen molar-refractivity contribution in [3.05, 3.63) is 65.5 Å².